The Bertz CT molecular complexity index is 772. The highest BCUT2D eigenvalue weighted by Gasteiger charge is 2.43. The van der Waals surface area contributed by atoms with Gasteiger partial charge in [0.05, 0.1) is 6.54 Å². The van der Waals surface area contributed by atoms with Gasteiger partial charge in [-0.05, 0) is 12.5 Å². The van der Waals surface area contributed by atoms with E-state index in [1.165, 1.54) is 0 Å². The van der Waals surface area contributed by atoms with Crippen LogP contribution in [-0.2, 0) is 16.1 Å². The summed E-state index contributed by atoms with van der Waals surface area (Å²) in [6.07, 6.45) is -6.42. The van der Waals surface area contributed by atoms with Crippen LogP contribution in [0.1, 0.15) is 11.1 Å². The predicted octanol–water partition coefficient (Wildman–Crippen LogP) is 3.58. The minimum absolute atomic E-state index is 0.0379. The summed E-state index contributed by atoms with van der Waals surface area (Å²) in [4.78, 5) is 11.1. The molecule has 1 unspecified atom stereocenters. The van der Waals surface area contributed by atoms with Gasteiger partial charge in [0.2, 0.25) is 0 Å². The molecular formula is C18H16F3NO3. The van der Waals surface area contributed by atoms with Crippen LogP contribution < -0.4 is 10.1 Å². The van der Waals surface area contributed by atoms with Gasteiger partial charge >= 0.3 is 12.1 Å². The second kappa shape index (κ2) is 6.76. The third-order valence-corrected chi connectivity index (χ3v) is 3.80. The van der Waals surface area contributed by atoms with E-state index in [9.17, 15) is 18.0 Å². The van der Waals surface area contributed by atoms with Gasteiger partial charge < -0.3 is 14.8 Å². The lowest BCUT2D eigenvalue weighted by Crippen LogP contribution is -2.37. The Balaban J connectivity index is 1.91. The van der Waals surface area contributed by atoms with Crippen LogP contribution in [0.25, 0.3) is 11.1 Å². The predicted molar refractivity (Wildman–Crippen MR) is 84.9 cm³/mol. The van der Waals surface area contributed by atoms with Crippen molar-refractivity contribution >= 4 is 5.97 Å². The smallest absolute Gasteiger partial charge is 0.452 e. The molecule has 1 aliphatic rings. The molecule has 2 aromatic carbocycles. The Morgan fingerprint density at radius 2 is 1.92 bits per heavy atom. The molecule has 0 bridgehead atoms. The first-order valence-corrected chi connectivity index (χ1v) is 7.69. The van der Waals surface area contributed by atoms with Gasteiger partial charge in [0.1, 0.15) is 5.75 Å². The van der Waals surface area contributed by atoms with E-state index < -0.39 is 18.4 Å². The highest BCUT2D eigenvalue weighted by Crippen LogP contribution is 2.35. The second-order valence-electron chi connectivity index (χ2n) is 5.74. The van der Waals surface area contributed by atoms with Crippen molar-refractivity contribution in [1.82, 2.24) is 5.32 Å². The lowest BCUT2D eigenvalue weighted by molar-refractivity contribution is -0.215. The number of halogens is 3. The molecule has 1 atom stereocenters. The highest BCUT2D eigenvalue weighted by atomic mass is 19.4. The number of benzene rings is 2. The number of ether oxygens (including phenoxy) is 2. The van der Waals surface area contributed by atoms with Crippen LogP contribution in [0.5, 0.6) is 5.75 Å². The molecule has 0 aliphatic carbocycles. The van der Waals surface area contributed by atoms with Crippen LogP contribution >= 0.6 is 0 Å². The Labute approximate surface area is 142 Å². The van der Waals surface area contributed by atoms with Crippen molar-refractivity contribution in [3.63, 3.8) is 0 Å². The van der Waals surface area contributed by atoms with E-state index in [0.29, 0.717) is 12.3 Å². The SMILES string of the molecule is Cc1ccc(-c2cccc3c2OC(OC(=O)C(F)(F)F)CNC3)cc1. The summed E-state index contributed by atoms with van der Waals surface area (Å²) in [5.74, 6) is -1.85. The number of nitrogens with one attached hydrogen (secondary N) is 1. The molecule has 1 N–H and O–H groups in total. The van der Waals surface area contributed by atoms with Gasteiger partial charge in [-0.25, -0.2) is 4.79 Å². The second-order valence-corrected chi connectivity index (χ2v) is 5.74. The van der Waals surface area contributed by atoms with Crippen molar-refractivity contribution < 1.29 is 27.4 Å². The molecular weight excluding hydrogens is 335 g/mol. The van der Waals surface area contributed by atoms with Crippen molar-refractivity contribution in [2.75, 3.05) is 6.54 Å². The maximum Gasteiger partial charge on any atom is 0.491 e. The molecule has 0 fully saturated rings. The van der Waals surface area contributed by atoms with Crippen molar-refractivity contribution in [3.05, 3.63) is 53.6 Å². The lowest BCUT2D eigenvalue weighted by atomic mass is 10.0. The molecule has 0 amide bonds. The van der Waals surface area contributed by atoms with Gasteiger partial charge in [-0.2, -0.15) is 13.2 Å². The number of carbonyl (C=O) groups is 1. The minimum atomic E-state index is -5.06. The summed E-state index contributed by atoms with van der Waals surface area (Å²) in [6, 6.07) is 13.2. The van der Waals surface area contributed by atoms with E-state index in [-0.39, 0.29) is 6.54 Å². The zero-order valence-corrected chi connectivity index (χ0v) is 13.4. The quantitative estimate of drug-likeness (QED) is 0.841. The van der Waals surface area contributed by atoms with Crippen molar-refractivity contribution in [1.29, 1.82) is 0 Å². The molecule has 132 valence electrons. The van der Waals surface area contributed by atoms with Gasteiger partial charge in [-0.3, -0.25) is 0 Å². The van der Waals surface area contributed by atoms with E-state index in [4.69, 9.17) is 4.74 Å². The Morgan fingerprint density at radius 3 is 2.60 bits per heavy atom. The van der Waals surface area contributed by atoms with E-state index in [1.807, 2.05) is 49.4 Å². The van der Waals surface area contributed by atoms with E-state index in [1.54, 1.807) is 0 Å². The molecule has 0 spiro atoms. The van der Waals surface area contributed by atoms with Gasteiger partial charge in [0.25, 0.3) is 6.29 Å². The average molecular weight is 351 g/mol. The number of rotatable bonds is 2. The first-order valence-electron chi connectivity index (χ1n) is 7.69. The van der Waals surface area contributed by atoms with Crippen LogP contribution in [0.2, 0.25) is 0 Å². The molecule has 0 aromatic heterocycles. The molecule has 1 heterocycles. The monoisotopic (exact) mass is 351 g/mol. The average Bonchev–Trinajstić information content (AvgIpc) is 2.76. The Kier molecular flexibility index (Phi) is 4.67. The first-order chi connectivity index (χ1) is 11.8. The van der Waals surface area contributed by atoms with E-state index >= 15 is 0 Å². The summed E-state index contributed by atoms with van der Waals surface area (Å²) in [7, 11) is 0. The van der Waals surface area contributed by atoms with Crippen LogP contribution in [0.4, 0.5) is 13.2 Å². The van der Waals surface area contributed by atoms with E-state index in [0.717, 1.165) is 22.3 Å². The number of esters is 1. The van der Waals surface area contributed by atoms with Crippen LogP contribution in [0, 0.1) is 6.92 Å². The Hall–Kier alpha value is -2.54. The number of carbonyl (C=O) groups excluding carboxylic acids is 1. The fraction of sp³-hybridized carbons (Fsp3) is 0.278. The highest BCUT2D eigenvalue weighted by molar-refractivity contribution is 5.76. The van der Waals surface area contributed by atoms with Crippen molar-refractivity contribution in [3.8, 4) is 16.9 Å². The molecule has 0 saturated carbocycles. The maximum absolute atomic E-state index is 12.4. The fourth-order valence-corrected chi connectivity index (χ4v) is 2.57. The van der Waals surface area contributed by atoms with Crippen molar-refractivity contribution in [2.45, 2.75) is 25.9 Å². The summed E-state index contributed by atoms with van der Waals surface area (Å²) < 4.78 is 47.4. The fourth-order valence-electron chi connectivity index (χ4n) is 2.57. The van der Waals surface area contributed by atoms with E-state index in [2.05, 4.69) is 10.1 Å². The largest absolute Gasteiger partial charge is 0.491 e. The summed E-state index contributed by atoms with van der Waals surface area (Å²) in [6.45, 7) is 2.32. The number of para-hydroxylation sites is 1. The molecule has 25 heavy (non-hydrogen) atoms. The van der Waals surface area contributed by atoms with Crippen LogP contribution in [-0.4, -0.2) is 25.0 Å². The number of fused-ring (bicyclic) bond motifs is 1. The zero-order valence-electron chi connectivity index (χ0n) is 13.4. The molecule has 0 saturated heterocycles. The summed E-state index contributed by atoms with van der Waals surface area (Å²) >= 11 is 0. The Morgan fingerprint density at radius 1 is 1.20 bits per heavy atom. The zero-order chi connectivity index (χ0) is 18.0. The standard InChI is InChI=1S/C18H16F3NO3/c1-11-5-7-12(8-6-11)14-4-2-3-13-9-22-10-15(24-16(13)14)25-17(23)18(19,20)21/h2-8,15,22H,9-10H2,1H3. The first kappa shape index (κ1) is 17.3. The number of hydrogen-bond donors (Lipinski definition) is 1. The lowest BCUT2D eigenvalue weighted by Gasteiger charge is -2.20. The van der Waals surface area contributed by atoms with Gasteiger partial charge in [-0.1, -0.05) is 48.0 Å². The van der Waals surface area contributed by atoms with Gasteiger partial charge in [0.15, 0.2) is 0 Å². The molecule has 1 aliphatic heterocycles. The van der Waals surface area contributed by atoms with Crippen molar-refractivity contribution in [2.24, 2.45) is 0 Å². The molecule has 2 aromatic rings. The summed E-state index contributed by atoms with van der Waals surface area (Å²) in [5, 5.41) is 2.93. The normalized spacial score (nSPS) is 17.2. The third kappa shape index (κ3) is 3.93. The van der Waals surface area contributed by atoms with Crippen LogP contribution in [0.3, 0.4) is 0 Å². The number of hydrogen-bond acceptors (Lipinski definition) is 4. The van der Waals surface area contributed by atoms with Gasteiger partial charge in [-0.15, -0.1) is 0 Å². The number of alkyl halides is 3. The number of aryl methyl sites for hydroxylation is 1. The molecule has 7 heteroatoms. The topological polar surface area (TPSA) is 47.6 Å². The summed E-state index contributed by atoms with van der Waals surface area (Å²) in [5.41, 5.74) is 3.47. The van der Waals surface area contributed by atoms with Crippen LogP contribution in [0.15, 0.2) is 42.5 Å². The molecule has 4 nitrogen and oxygen atoms in total. The molecule has 0 radical (unpaired) electrons. The minimum Gasteiger partial charge on any atom is -0.452 e. The van der Waals surface area contributed by atoms with Gasteiger partial charge in [0, 0.05) is 17.7 Å². The maximum atomic E-state index is 12.4. The molecule has 3 rings (SSSR count). The third-order valence-electron chi connectivity index (χ3n) is 3.80.